The molecule has 0 aliphatic rings. The molecule has 0 fully saturated rings. The highest BCUT2D eigenvalue weighted by atomic mass is 17.1. The zero-order chi connectivity index (χ0) is 11.1. The number of allylic oxidation sites excluding steroid dienone is 1. The Hall–Kier alpha value is -1.87. The molecule has 0 unspecified atom stereocenters. The van der Waals surface area contributed by atoms with Crippen LogP contribution in [0.25, 0.3) is 6.08 Å². The summed E-state index contributed by atoms with van der Waals surface area (Å²) in [5.74, 6) is -0.789. The van der Waals surface area contributed by atoms with Crippen molar-refractivity contribution < 1.29 is 14.9 Å². The van der Waals surface area contributed by atoms with Crippen molar-refractivity contribution in [2.75, 3.05) is 0 Å². The van der Waals surface area contributed by atoms with E-state index in [0.717, 1.165) is 17.5 Å². The lowest BCUT2D eigenvalue weighted by Crippen LogP contribution is -1.94. The van der Waals surface area contributed by atoms with E-state index in [2.05, 4.69) is 11.5 Å². The molecule has 1 rings (SSSR count). The molecule has 0 aromatic heterocycles. The first kappa shape index (κ1) is 11.2. The van der Waals surface area contributed by atoms with Gasteiger partial charge in [-0.25, -0.2) is 4.79 Å². The van der Waals surface area contributed by atoms with Gasteiger partial charge in [-0.05, 0) is 23.6 Å². The van der Waals surface area contributed by atoms with E-state index in [0.29, 0.717) is 0 Å². The molecule has 0 bridgehead atoms. The molecular formula is C12H12O3. The summed E-state index contributed by atoms with van der Waals surface area (Å²) in [6.07, 6.45) is 5.28. The molecule has 1 N–H and O–H groups in total. The van der Waals surface area contributed by atoms with Crippen LogP contribution in [-0.2, 0) is 16.1 Å². The summed E-state index contributed by atoms with van der Waals surface area (Å²) in [5.41, 5.74) is 1.97. The molecule has 0 saturated carbocycles. The highest BCUT2D eigenvalue weighted by Gasteiger charge is 1.98. The molecule has 0 saturated heterocycles. The van der Waals surface area contributed by atoms with E-state index in [4.69, 9.17) is 5.26 Å². The number of hydrogen-bond donors (Lipinski definition) is 1. The number of carbonyl (C=O) groups excluding carboxylic acids is 1. The molecule has 0 spiro atoms. The molecular weight excluding hydrogens is 192 g/mol. The van der Waals surface area contributed by atoms with Gasteiger partial charge in [0.1, 0.15) is 0 Å². The fraction of sp³-hybridized carbons (Fsp3) is 0.0833. The zero-order valence-corrected chi connectivity index (χ0v) is 8.22. The van der Waals surface area contributed by atoms with Gasteiger partial charge in [-0.1, -0.05) is 30.3 Å². The van der Waals surface area contributed by atoms with Gasteiger partial charge in [0.05, 0.1) is 0 Å². The SMILES string of the molecule is C=CCc1ccccc1/C=C/C(=O)OO. The summed E-state index contributed by atoms with van der Waals surface area (Å²) in [7, 11) is 0. The topological polar surface area (TPSA) is 46.5 Å². The highest BCUT2D eigenvalue weighted by Crippen LogP contribution is 2.11. The standard InChI is InChI=1S/C12H12O3/c1-2-5-10-6-3-4-7-11(10)8-9-12(13)15-14/h2-4,6-9,14H,1,5H2/b9-8+. The number of benzene rings is 1. The maximum absolute atomic E-state index is 10.7. The fourth-order valence-electron chi connectivity index (χ4n) is 1.23. The van der Waals surface area contributed by atoms with Crippen molar-refractivity contribution >= 4 is 12.0 Å². The Bertz CT molecular complexity index is 380. The van der Waals surface area contributed by atoms with E-state index in [-0.39, 0.29) is 0 Å². The van der Waals surface area contributed by atoms with Crippen LogP contribution in [0.4, 0.5) is 0 Å². The Balaban J connectivity index is 2.88. The van der Waals surface area contributed by atoms with Crippen molar-refractivity contribution in [3.63, 3.8) is 0 Å². The minimum atomic E-state index is -0.789. The van der Waals surface area contributed by atoms with Crippen molar-refractivity contribution in [1.29, 1.82) is 0 Å². The van der Waals surface area contributed by atoms with E-state index < -0.39 is 5.97 Å². The highest BCUT2D eigenvalue weighted by molar-refractivity contribution is 5.86. The Morgan fingerprint density at radius 3 is 2.87 bits per heavy atom. The Kier molecular flexibility index (Phi) is 4.31. The van der Waals surface area contributed by atoms with Crippen LogP contribution in [0.5, 0.6) is 0 Å². The summed E-state index contributed by atoms with van der Waals surface area (Å²) in [4.78, 5) is 14.2. The quantitative estimate of drug-likeness (QED) is 0.354. The predicted octanol–water partition coefficient (Wildman–Crippen LogP) is 2.44. The molecule has 0 radical (unpaired) electrons. The van der Waals surface area contributed by atoms with E-state index in [1.807, 2.05) is 24.3 Å². The fourth-order valence-corrected chi connectivity index (χ4v) is 1.23. The molecule has 78 valence electrons. The molecule has 0 amide bonds. The van der Waals surface area contributed by atoms with Crippen molar-refractivity contribution in [3.8, 4) is 0 Å². The first-order valence-corrected chi connectivity index (χ1v) is 4.50. The van der Waals surface area contributed by atoms with Gasteiger partial charge in [-0.15, -0.1) is 6.58 Å². The second-order valence-electron chi connectivity index (χ2n) is 2.94. The van der Waals surface area contributed by atoms with Crippen LogP contribution in [0.2, 0.25) is 0 Å². The van der Waals surface area contributed by atoms with Gasteiger partial charge in [0.25, 0.3) is 0 Å². The third-order valence-electron chi connectivity index (χ3n) is 1.91. The molecule has 15 heavy (non-hydrogen) atoms. The van der Waals surface area contributed by atoms with E-state index >= 15 is 0 Å². The first-order chi connectivity index (χ1) is 7.27. The summed E-state index contributed by atoms with van der Waals surface area (Å²) < 4.78 is 0. The van der Waals surface area contributed by atoms with E-state index in [1.165, 1.54) is 6.08 Å². The normalized spacial score (nSPS) is 10.2. The Morgan fingerprint density at radius 1 is 1.47 bits per heavy atom. The molecule has 0 aliphatic heterocycles. The largest absolute Gasteiger partial charge is 0.365 e. The average molecular weight is 204 g/mol. The number of carbonyl (C=O) groups is 1. The molecule has 3 heteroatoms. The third kappa shape index (κ3) is 3.40. The zero-order valence-electron chi connectivity index (χ0n) is 8.22. The van der Waals surface area contributed by atoms with E-state index in [1.54, 1.807) is 12.2 Å². The van der Waals surface area contributed by atoms with Crippen LogP contribution in [-0.4, -0.2) is 11.2 Å². The van der Waals surface area contributed by atoms with Crippen LogP contribution in [0.15, 0.2) is 43.0 Å². The molecule has 0 aliphatic carbocycles. The monoisotopic (exact) mass is 204 g/mol. The summed E-state index contributed by atoms with van der Waals surface area (Å²) in [6, 6.07) is 7.61. The smallest absolute Gasteiger partial charge is 0.296 e. The van der Waals surface area contributed by atoms with Crippen LogP contribution >= 0.6 is 0 Å². The van der Waals surface area contributed by atoms with Crippen molar-refractivity contribution in [1.82, 2.24) is 0 Å². The lowest BCUT2D eigenvalue weighted by atomic mass is 10.0. The summed E-state index contributed by atoms with van der Waals surface area (Å²) in [5, 5.41) is 8.07. The Labute approximate surface area is 88.2 Å². The van der Waals surface area contributed by atoms with Gasteiger partial charge < -0.3 is 0 Å². The lowest BCUT2D eigenvalue weighted by molar-refractivity contribution is -0.227. The van der Waals surface area contributed by atoms with Gasteiger partial charge in [0, 0.05) is 6.08 Å². The predicted molar refractivity (Wildman–Crippen MR) is 58.1 cm³/mol. The van der Waals surface area contributed by atoms with Crippen molar-refractivity contribution in [2.24, 2.45) is 0 Å². The summed E-state index contributed by atoms with van der Waals surface area (Å²) in [6.45, 7) is 3.65. The van der Waals surface area contributed by atoms with Gasteiger partial charge >= 0.3 is 5.97 Å². The maximum atomic E-state index is 10.7. The van der Waals surface area contributed by atoms with E-state index in [9.17, 15) is 4.79 Å². The molecule has 1 aromatic carbocycles. The minimum absolute atomic E-state index is 0.731. The number of hydrogen-bond acceptors (Lipinski definition) is 3. The maximum Gasteiger partial charge on any atom is 0.365 e. The molecule has 0 atom stereocenters. The third-order valence-corrected chi connectivity index (χ3v) is 1.91. The molecule has 1 aromatic rings. The molecule has 0 heterocycles. The van der Waals surface area contributed by atoms with Crippen LogP contribution in [0.1, 0.15) is 11.1 Å². The minimum Gasteiger partial charge on any atom is -0.296 e. The Morgan fingerprint density at radius 2 is 2.20 bits per heavy atom. The molecule has 3 nitrogen and oxygen atoms in total. The van der Waals surface area contributed by atoms with Crippen molar-refractivity contribution in [2.45, 2.75) is 6.42 Å². The van der Waals surface area contributed by atoms with Gasteiger partial charge in [-0.2, -0.15) is 5.26 Å². The van der Waals surface area contributed by atoms with Gasteiger partial charge in [0.2, 0.25) is 0 Å². The van der Waals surface area contributed by atoms with Gasteiger partial charge in [0.15, 0.2) is 0 Å². The first-order valence-electron chi connectivity index (χ1n) is 4.50. The second kappa shape index (κ2) is 5.78. The van der Waals surface area contributed by atoms with Gasteiger partial charge in [-0.3, -0.25) is 4.89 Å². The van der Waals surface area contributed by atoms with Crippen molar-refractivity contribution in [3.05, 3.63) is 54.1 Å². The second-order valence-corrected chi connectivity index (χ2v) is 2.94. The number of rotatable bonds is 4. The summed E-state index contributed by atoms with van der Waals surface area (Å²) >= 11 is 0. The average Bonchev–Trinajstić information content (AvgIpc) is 2.28. The van der Waals surface area contributed by atoms with Crippen LogP contribution in [0, 0.1) is 0 Å². The lowest BCUT2D eigenvalue weighted by Gasteiger charge is -2.01. The van der Waals surface area contributed by atoms with Crippen LogP contribution < -0.4 is 0 Å². The van der Waals surface area contributed by atoms with Crippen LogP contribution in [0.3, 0.4) is 0 Å².